The second-order valence-electron chi connectivity index (χ2n) is 7.08. The normalized spacial score (nSPS) is 12.0. The quantitative estimate of drug-likeness (QED) is 0.581. The van der Waals surface area contributed by atoms with Crippen LogP contribution in [0.1, 0.15) is 54.9 Å². The molecule has 7 nitrogen and oxygen atoms in total. The number of carbonyl (C=O) groups is 2. The molecule has 1 aromatic heterocycles. The summed E-state index contributed by atoms with van der Waals surface area (Å²) in [6.45, 7) is 3.80. The van der Waals surface area contributed by atoms with Crippen LogP contribution in [0, 0.1) is 0 Å². The van der Waals surface area contributed by atoms with Gasteiger partial charge in [0.1, 0.15) is 6.26 Å². The second-order valence-corrected chi connectivity index (χ2v) is 7.08. The smallest absolute Gasteiger partial charge is 0.257 e. The maximum atomic E-state index is 12.7. The minimum absolute atomic E-state index is 0.0961. The van der Waals surface area contributed by atoms with E-state index in [4.69, 9.17) is 13.9 Å². The highest BCUT2D eigenvalue weighted by atomic mass is 16.7. The average Bonchev–Trinajstić information content (AvgIpc) is 3.42. The van der Waals surface area contributed by atoms with Crippen LogP contribution >= 0.6 is 0 Å². The Hall–Kier alpha value is -2.96. The standard InChI is InChI=1S/C22H28N2O5/c1-2-3-4-5-10-24(22(26)18-9-12-27-15-18)11-8-21(25)23-14-17-6-7-19-20(13-17)29-16-28-19/h6-7,9,12-13,15H,2-5,8,10-11,14,16H2,1H3,(H,23,25). The fraction of sp³-hybridized carbons (Fsp3) is 0.455. The molecule has 0 saturated heterocycles. The number of unbranched alkanes of at least 4 members (excludes halogenated alkanes) is 3. The molecule has 2 amide bonds. The van der Waals surface area contributed by atoms with Gasteiger partial charge in [0.05, 0.1) is 11.8 Å². The van der Waals surface area contributed by atoms with Gasteiger partial charge in [0.15, 0.2) is 11.5 Å². The van der Waals surface area contributed by atoms with Crippen molar-refractivity contribution in [3.8, 4) is 11.5 Å². The van der Waals surface area contributed by atoms with Crippen LogP contribution in [-0.4, -0.2) is 36.6 Å². The summed E-state index contributed by atoms with van der Waals surface area (Å²) in [4.78, 5) is 26.7. The number of carbonyl (C=O) groups excluding carboxylic acids is 2. The van der Waals surface area contributed by atoms with E-state index in [9.17, 15) is 9.59 Å². The van der Waals surface area contributed by atoms with Gasteiger partial charge >= 0.3 is 0 Å². The zero-order valence-corrected chi connectivity index (χ0v) is 16.8. The molecule has 1 aromatic carbocycles. The first-order valence-corrected chi connectivity index (χ1v) is 10.1. The molecule has 2 heterocycles. The number of amides is 2. The summed E-state index contributed by atoms with van der Waals surface area (Å²) in [5.41, 5.74) is 1.45. The Morgan fingerprint density at radius 1 is 1.07 bits per heavy atom. The van der Waals surface area contributed by atoms with Crippen LogP contribution in [0.3, 0.4) is 0 Å². The Morgan fingerprint density at radius 2 is 1.93 bits per heavy atom. The van der Waals surface area contributed by atoms with E-state index < -0.39 is 0 Å². The molecule has 0 aliphatic carbocycles. The molecule has 0 fully saturated rings. The third-order valence-electron chi connectivity index (χ3n) is 4.87. The van der Waals surface area contributed by atoms with Gasteiger partial charge in [-0.2, -0.15) is 0 Å². The van der Waals surface area contributed by atoms with Crippen LogP contribution in [0.5, 0.6) is 11.5 Å². The van der Waals surface area contributed by atoms with Crippen LogP contribution in [0.15, 0.2) is 41.2 Å². The fourth-order valence-corrected chi connectivity index (χ4v) is 3.19. The summed E-state index contributed by atoms with van der Waals surface area (Å²) in [5.74, 6) is 1.22. The Kier molecular flexibility index (Phi) is 7.55. The van der Waals surface area contributed by atoms with Gasteiger partial charge < -0.3 is 24.1 Å². The lowest BCUT2D eigenvalue weighted by Crippen LogP contribution is -2.35. The molecule has 1 aliphatic rings. The van der Waals surface area contributed by atoms with E-state index in [0.29, 0.717) is 30.9 Å². The van der Waals surface area contributed by atoms with E-state index in [-0.39, 0.29) is 25.0 Å². The van der Waals surface area contributed by atoms with E-state index in [0.717, 1.165) is 37.0 Å². The first-order valence-electron chi connectivity index (χ1n) is 10.1. The molecular weight excluding hydrogens is 372 g/mol. The summed E-state index contributed by atoms with van der Waals surface area (Å²) in [6.07, 6.45) is 7.46. The minimum atomic E-state index is -0.0983. The molecule has 2 aromatic rings. The SMILES string of the molecule is CCCCCCN(CCC(=O)NCc1ccc2c(c1)OCO2)C(=O)c1ccoc1. The molecular formula is C22H28N2O5. The van der Waals surface area contributed by atoms with Gasteiger partial charge in [-0.1, -0.05) is 32.3 Å². The highest BCUT2D eigenvalue weighted by Gasteiger charge is 2.18. The molecule has 0 atom stereocenters. The molecule has 1 N–H and O–H groups in total. The largest absolute Gasteiger partial charge is 0.472 e. The Labute approximate surface area is 171 Å². The predicted octanol–water partition coefficient (Wildman–Crippen LogP) is 3.74. The molecule has 0 saturated carbocycles. The summed E-state index contributed by atoms with van der Waals surface area (Å²) in [6, 6.07) is 7.26. The van der Waals surface area contributed by atoms with E-state index in [2.05, 4.69) is 12.2 Å². The maximum Gasteiger partial charge on any atom is 0.257 e. The van der Waals surface area contributed by atoms with Crippen molar-refractivity contribution in [1.29, 1.82) is 0 Å². The Bertz CT molecular complexity index is 804. The summed E-state index contributed by atoms with van der Waals surface area (Å²) >= 11 is 0. The average molecular weight is 400 g/mol. The number of nitrogens with one attached hydrogen (secondary N) is 1. The first-order chi connectivity index (χ1) is 14.2. The van der Waals surface area contributed by atoms with Gasteiger partial charge in [0, 0.05) is 26.1 Å². The van der Waals surface area contributed by atoms with Gasteiger partial charge in [0.2, 0.25) is 12.7 Å². The second kappa shape index (κ2) is 10.5. The van der Waals surface area contributed by atoms with E-state index >= 15 is 0 Å². The number of furan rings is 1. The Balaban J connectivity index is 1.48. The van der Waals surface area contributed by atoms with Crippen molar-refractivity contribution in [2.45, 2.75) is 45.6 Å². The van der Waals surface area contributed by atoms with E-state index in [1.807, 2.05) is 18.2 Å². The fourth-order valence-electron chi connectivity index (χ4n) is 3.19. The zero-order valence-electron chi connectivity index (χ0n) is 16.8. The highest BCUT2D eigenvalue weighted by molar-refractivity contribution is 5.94. The summed E-state index contributed by atoms with van der Waals surface area (Å²) in [5, 5.41) is 2.90. The van der Waals surface area contributed by atoms with Crippen molar-refractivity contribution in [2.75, 3.05) is 19.9 Å². The van der Waals surface area contributed by atoms with Crippen molar-refractivity contribution < 1.29 is 23.5 Å². The summed E-state index contributed by atoms with van der Waals surface area (Å²) < 4.78 is 15.7. The monoisotopic (exact) mass is 400 g/mol. The lowest BCUT2D eigenvalue weighted by atomic mass is 10.2. The topological polar surface area (TPSA) is 81.0 Å². The van der Waals surface area contributed by atoms with Gasteiger partial charge in [-0.05, 0) is 30.2 Å². The number of ether oxygens (including phenoxy) is 2. The molecule has 0 radical (unpaired) electrons. The number of nitrogens with zero attached hydrogens (tertiary/aromatic N) is 1. The van der Waals surface area contributed by atoms with E-state index in [1.165, 1.54) is 12.5 Å². The molecule has 3 rings (SSSR count). The summed E-state index contributed by atoms with van der Waals surface area (Å²) in [7, 11) is 0. The molecule has 0 unspecified atom stereocenters. The predicted molar refractivity (Wildman–Crippen MR) is 108 cm³/mol. The van der Waals surface area contributed by atoms with Crippen molar-refractivity contribution >= 4 is 11.8 Å². The van der Waals surface area contributed by atoms with Crippen molar-refractivity contribution in [3.63, 3.8) is 0 Å². The third-order valence-corrected chi connectivity index (χ3v) is 4.87. The van der Waals surface area contributed by atoms with Crippen LogP contribution in [0.4, 0.5) is 0 Å². The van der Waals surface area contributed by atoms with Gasteiger partial charge in [-0.15, -0.1) is 0 Å². The molecule has 7 heteroatoms. The molecule has 156 valence electrons. The van der Waals surface area contributed by atoms with Crippen molar-refractivity contribution in [3.05, 3.63) is 47.9 Å². The molecule has 0 bridgehead atoms. The number of rotatable bonds is 11. The number of benzene rings is 1. The van der Waals surface area contributed by atoms with Crippen LogP contribution in [0.2, 0.25) is 0 Å². The van der Waals surface area contributed by atoms with Crippen molar-refractivity contribution in [1.82, 2.24) is 10.2 Å². The first kappa shape index (κ1) is 20.8. The van der Waals surface area contributed by atoms with E-state index in [1.54, 1.807) is 11.0 Å². The molecule has 0 spiro atoms. The number of fused-ring (bicyclic) bond motifs is 1. The lowest BCUT2D eigenvalue weighted by Gasteiger charge is -2.22. The van der Waals surface area contributed by atoms with Crippen LogP contribution in [0.25, 0.3) is 0 Å². The van der Waals surface area contributed by atoms with Gasteiger partial charge in [0.25, 0.3) is 5.91 Å². The zero-order chi connectivity index (χ0) is 20.5. The highest BCUT2D eigenvalue weighted by Crippen LogP contribution is 2.32. The molecule has 29 heavy (non-hydrogen) atoms. The lowest BCUT2D eigenvalue weighted by molar-refractivity contribution is -0.121. The third kappa shape index (κ3) is 6.01. The number of hydrogen-bond acceptors (Lipinski definition) is 5. The van der Waals surface area contributed by atoms with Gasteiger partial charge in [-0.25, -0.2) is 0 Å². The Morgan fingerprint density at radius 3 is 2.72 bits per heavy atom. The molecule has 1 aliphatic heterocycles. The maximum absolute atomic E-state index is 12.7. The minimum Gasteiger partial charge on any atom is -0.472 e. The van der Waals surface area contributed by atoms with Crippen LogP contribution < -0.4 is 14.8 Å². The van der Waals surface area contributed by atoms with Gasteiger partial charge in [-0.3, -0.25) is 9.59 Å². The van der Waals surface area contributed by atoms with Crippen molar-refractivity contribution in [2.24, 2.45) is 0 Å². The number of hydrogen-bond donors (Lipinski definition) is 1. The van der Waals surface area contributed by atoms with Crippen LogP contribution in [-0.2, 0) is 11.3 Å².